The average molecular weight is 283 g/mol. The van der Waals surface area contributed by atoms with Crippen LogP contribution in [0, 0.1) is 0 Å². The fourth-order valence-electron chi connectivity index (χ4n) is 2.06. The Bertz CT molecular complexity index is 493. The van der Waals surface area contributed by atoms with E-state index >= 15 is 0 Å². The van der Waals surface area contributed by atoms with Crippen molar-refractivity contribution in [3.63, 3.8) is 0 Å². The molecule has 0 aliphatic carbocycles. The van der Waals surface area contributed by atoms with Gasteiger partial charge in [-0.15, -0.1) is 0 Å². The average Bonchev–Trinajstić information content (AvgIpc) is 2.42. The zero-order chi connectivity index (χ0) is 13.7. The standard InChI is InChI=1S/C13H21N3O2S/c1-2-19(17,18)15-13-5-3-12(4-6-13)11-16-9-7-14-8-10-16/h3-6,14-15H,2,7-11H2,1H3. The number of nitrogens with one attached hydrogen (secondary N) is 2. The van der Waals surface area contributed by atoms with Crippen molar-refractivity contribution in [2.45, 2.75) is 13.5 Å². The maximum absolute atomic E-state index is 11.4. The molecule has 106 valence electrons. The van der Waals surface area contributed by atoms with Crippen molar-refractivity contribution in [2.75, 3.05) is 36.7 Å². The molecule has 0 bridgehead atoms. The van der Waals surface area contributed by atoms with Gasteiger partial charge in [0, 0.05) is 38.4 Å². The second-order valence-electron chi connectivity index (χ2n) is 4.73. The van der Waals surface area contributed by atoms with Crippen LogP contribution in [0.5, 0.6) is 0 Å². The van der Waals surface area contributed by atoms with E-state index in [2.05, 4.69) is 14.9 Å². The molecule has 0 unspecified atom stereocenters. The lowest BCUT2D eigenvalue weighted by molar-refractivity contribution is 0.233. The molecule has 1 saturated heterocycles. The Hall–Kier alpha value is -1.11. The van der Waals surface area contributed by atoms with Crippen LogP contribution in [0.3, 0.4) is 0 Å². The van der Waals surface area contributed by atoms with Gasteiger partial charge in [0.05, 0.1) is 5.75 Å². The van der Waals surface area contributed by atoms with Gasteiger partial charge in [-0.3, -0.25) is 9.62 Å². The van der Waals surface area contributed by atoms with E-state index in [9.17, 15) is 8.42 Å². The first kappa shape index (κ1) is 14.3. The van der Waals surface area contributed by atoms with Gasteiger partial charge in [-0.1, -0.05) is 12.1 Å². The number of nitrogens with zero attached hydrogens (tertiary/aromatic N) is 1. The van der Waals surface area contributed by atoms with Crippen LogP contribution in [-0.2, 0) is 16.6 Å². The molecule has 0 saturated carbocycles. The van der Waals surface area contributed by atoms with Crippen LogP contribution in [-0.4, -0.2) is 45.2 Å². The van der Waals surface area contributed by atoms with Gasteiger partial charge in [0.25, 0.3) is 0 Å². The molecule has 1 fully saturated rings. The van der Waals surface area contributed by atoms with Crippen molar-refractivity contribution < 1.29 is 8.42 Å². The van der Waals surface area contributed by atoms with Gasteiger partial charge < -0.3 is 5.32 Å². The Labute approximate surface area is 115 Å². The van der Waals surface area contributed by atoms with E-state index in [1.165, 1.54) is 5.56 Å². The maximum Gasteiger partial charge on any atom is 0.232 e. The van der Waals surface area contributed by atoms with Crippen molar-refractivity contribution in [1.29, 1.82) is 0 Å². The molecule has 1 aromatic carbocycles. The van der Waals surface area contributed by atoms with E-state index in [1.807, 2.05) is 24.3 Å². The molecule has 1 aliphatic rings. The van der Waals surface area contributed by atoms with Crippen LogP contribution in [0.4, 0.5) is 5.69 Å². The number of hydrogen-bond donors (Lipinski definition) is 2. The first-order chi connectivity index (χ1) is 9.09. The summed E-state index contributed by atoms with van der Waals surface area (Å²) in [7, 11) is -3.18. The van der Waals surface area contributed by atoms with Crippen LogP contribution in [0.15, 0.2) is 24.3 Å². The van der Waals surface area contributed by atoms with E-state index in [-0.39, 0.29) is 5.75 Å². The second kappa shape index (κ2) is 6.36. The van der Waals surface area contributed by atoms with E-state index in [0.29, 0.717) is 5.69 Å². The normalized spacial score (nSPS) is 17.3. The predicted molar refractivity (Wildman–Crippen MR) is 77.7 cm³/mol. The maximum atomic E-state index is 11.4. The molecule has 0 aromatic heterocycles. The van der Waals surface area contributed by atoms with Gasteiger partial charge in [-0.25, -0.2) is 8.42 Å². The Morgan fingerprint density at radius 2 is 1.84 bits per heavy atom. The smallest absolute Gasteiger partial charge is 0.232 e. The molecule has 2 N–H and O–H groups in total. The number of rotatable bonds is 5. The van der Waals surface area contributed by atoms with Gasteiger partial charge in [0.15, 0.2) is 0 Å². The molecule has 1 heterocycles. The van der Waals surface area contributed by atoms with Gasteiger partial charge >= 0.3 is 0 Å². The van der Waals surface area contributed by atoms with Gasteiger partial charge in [0.2, 0.25) is 10.0 Å². The van der Waals surface area contributed by atoms with E-state index in [1.54, 1.807) is 6.92 Å². The summed E-state index contributed by atoms with van der Waals surface area (Å²) in [5, 5.41) is 3.32. The van der Waals surface area contributed by atoms with Crippen molar-refractivity contribution in [3.8, 4) is 0 Å². The summed E-state index contributed by atoms with van der Waals surface area (Å²) < 4.78 is 25.4. The summed E-state index contributed by atoms with van der Waals surface area (Å²) in [6.07, 6.45) is 0. The van der Waals surface area contributed by atoms with Crippen molar-refractivity contribution in [1.82, 2.24) is 10.2 Å². The molecule has 1 aromatic rings. The summed E-state index contributed by atoms with van der Waals surface area (Å²) >= 11 is 0. The molecule has 2 rings (SSSR count). The first-order valence-corrected chi connectivity index (χ1v) is 8.27. The molecule has 0 amide bonds. The van der Waals surface area contributed by atoms with Crippen LogP contribution in [0.25, 0.3) is 0 Å². The Balaban J connectivity index is 1.94. The minimum absolute atomic E-state index is 0.0928. The van der Waals surface area contributed by atoms with Crippen LogP contribution < -0.4 is 10.0 Å². The third-order valence-corrected chi connectivity index (χ3v) is 4.53. The monoisotopic (exact) mass is 283 g/mol. The highest BCUT2D eigenvalue weighted by Crippen LogP contribution is 2.13. The summed E-state index contributed by atoms with van der Waals surface area (Å²) in [4.78, 5) is 2.39. The molecule has 0 atom stereocenters. The molecule has 6 heteroatoms. The summed E-state index contributed by atoms with van der Waals surface area (Å²) in [5.41, 5.74) is 1.84. The topological polar surface area (TPSA) is 61.4 Å². The minimum atomic E-state index is -3.18. The highest BCUT2D eigenvalue weighted by atomic mass is 32.2. The fraction of sp³-hybridized carbons (Fsp3) is 0.538. The molecule has 0 spiro atoms. The number of benzene rings is 1. The fourth-order valence-corrected chi connectivity index (χ4v) is 2.70. The SMILES string of the molecule is CCS(=O)(=O)Nc1ccc(CN2CCNCC2)cc1. The Kier molecular flexibility index (Phi) is 4.79. The second-order valence-corrected chi connectivity index (χ2v) is 6.74. The number of hydrogen-bond acceptors (Lipinski definition) is 4. The first-order valence-electron chi connectivity index (χ1n) is 6.61. The van der Waals surface area contributed by atoms with E-state index in [0.717, 1.165) is 32.7 Å². The van der Waals surface area contributed by atoms with Crippen LogP contribution >= 0.6 is 0 Å². The highest BCUT2D eigenvalue weighted by molar-refractivity contribution is 7.92. The third-order valence-electron chi connectivity index (χ3n) is 3.22. The number of anilines is 1. The Morgan fingerprint density at radius 3 is 2.42 bits per heavy atom. The zero-order valence-corrected chi connectivity index (χ0v) is 12.0. The van der Waals surface area contributed by atoms with Gasteiger partial charge in [-0.05, 0) is 24.6 Å². The minimum Gasteiger partial charge on any atom is -0.314 e. The van der Waals surface area contributed by atoms with Crippen LogP contribution in [0.1, 0.15) is 12.5 Å². The highest BCUT2D eigenvalue weighted by Gasteiger charge is 2.10. The van der Waals surface area contributed by atoms with Crippen molar-refractivity contribution >= 4 is 15.7 Å². The third kappa shape index (κ3) is 4.49. The predicted octanol–water partition coefficient (Wildman–Crippen LogP) is 0.853. The quantitative estimate of drug-likeness (QED) is 0.841. The zero-order valence-electron chi connectivity index (χ0n) is 11.2. The van der Waals surface area contributed by atoms with Crippen molar-refractivity contribution in [3.05, 3.63) is 29.8 Å². The largest absolute Gasteiger partial charge is 0.314 e. The molecule has 5 nitrogen and oxygen atoms in total. The lowest BCUT2D eigenvalue weighted by atomic mass is 10.2. The van der Waals surface area contributed by atoms with E-state index < -0.39 is 10.0 Å². The lowest BCUT2D eigenvalue weighted by Gasteiger charge is -2.27. The summed E-state index contributed by atoms with van der Waals surface area (Å²) in [5.74, 6) is 0.0928. The lowest BCUT2D eigenvalue weighted by Crippen LogP contribution is -2.42. The van der Waals surface area contributed by atoms with Crippen LogP contribution in [0.2, 0.25) is 0 Å². The van der Waals surface area contributed by atoms with Crippen molar-refractivity contribution in [2.24, 2.45) is 0 Å². The van der Waals surface area contributed by atoms with Gasteiger partial charge in [0.1, 0.15) is 0 Å². The molecular formula is C13H21N3O2S. The molecule has 1 aliphatic heterocycles. The Morgan fingerprint density at radius 1 is 1.21 bits per heavy atom. The van der Waals surface area contributed by atoms with E-state index in [4.69, 9.17) is 0 Å². The number of piperazine rings is 1. The molecular weight excluding hydrogens is 262 g/mol. The summed E-state index contributed by atoms with van der Waals surface area (Å²) in [6, 6.07) is 7.61. The van der Waals surface area contributed by atoms with Gasteiger partial charge in [-0.2, -0.15) is 0 Å². The molecule has 0 radical (unpaired) electrons. The number of sulfonamides is 1. The summed E-state index contributed by atoms with van der Waals surface area (Å²) in [6.45, 7) is 6.74. The molecule has 19 heavy (non-hydrogen) atoms.